The third-order valence-electron chi connectivity index (χ3n) is 2.19. The van der Waals surface area contributed by atoms with Crippen molar-refractivity contribution in [2.45, 2.75) is 31.8 Å². The molecular formula is C8H17NO. The standard InChI is InChI=1S/C8H17NO/c1-10-8(6-9)5-4-7-2-3-7/h7-8H,2-6,9H2,1H3. The first-order chi connectivity index (χ1) is 4.86. The van der Waals surface area contributed by atoms with E-state index in [1.54, 1.807) is 7.11 Å². The van der Waals surface area contributed by atoms with Crippen molar-refractivity contribution in [3.05, 3.63) is 0 Å². The minimum Gasteiger partial charge on any atom is -0.380 e. The van der Waals surface area contributed by atoms with Gasteiger partial charge in [0.1, 0.15) is 0 Å². The lowest BCUT2D eigenvalue weighted by atomic mass is 10.1. The summed E-state index contributed by atoms with van der Waals surface area (Å²) in [6.45, 7) is 0.670. The van der Waals surface area contributed by atoms with Crippen LogP contribution in [0.3, 0.4) is 0 Å². The molecule has 0 spiro atoms. The highest BCUT2D eigenvalue weighted by atomic mass is 16.5. The summed E-state index contributed by atoms with van der Waals surface area (Å²) in [6.07, 6.45) is 5.63. The summed E-state index contributed by atoms with van der Waals surface area (Å²) < 4.78 is 5.15. The molecule has 2 nitrogen and oxygen atoms in total. The van der Waals surface area contributed by atoms with Gasteiger partial charge in [0.15, 0.2) is 0 Å². The Labute approximate surface area is 62.7 Å². The Kier molecular flexibility index (Phi) is 3.16. The predicted octanol–water partition coefficient (Wildman–Crippen LogP) is 1.15. The molecule has 0 bridgehead atoms. The van der Waals surface area contributed by atoms with Gasteiger partial charge in [-0.1, -0.05) is 12.8 Å². The molecule has 1 aliphatic carbocycles. The fraction of sp³-hybridized carbons (Fsp3) is 1.00. The number of methoxy groups -OCH3 is 1. The zero-order chi connectivity index (χ0) is 7.40. The summed E-state index contributed by atoms with van der Waals surface area (Å²) in [7, 11) is 1.74. The van der Waals surface area contributed by atoms with Gasteiger partial charge in [0, 0.05) is 13.7 Å². The third kappa shape index (κ3) is 2.67. The highest BCUT2D eigenvalue weighted by Crippen LogP contribution is 2.33. The summed E-state index contributed by atoms with van der Waals surface area (Å²) in [4.78, 5) is 0. The summed E-state index contributed by atoms with van der Waals surface area (Å²) in [5, 5.41) is 0. The monoisotopic (exact) mass is 143 g/mol. The van der Waals surface area contributed by atoms with E-state index in [4.69, 9.17) is 10.5 Å². The van der Waals surface area contributed by atoms with Crippen LogP contribution in [0, 0.1) is 5.92 Å². The fourth-order valence-electron chi connectivity index (χ4n) is 1.16. The highest BCUT2D eigenvalue weighted by molar-refractivity contribution is 4.74. The molecule has 60 valence electrons. The molecule has 1 fully saturated rings. The van der Waals surface area contributed by atoms with Crippen LogP contribution in [0.15, 0.2) is 0 Å². The summed E-state index contributed by atoms with van der Waals surface area (Å²) in [5.41, 5.74) is 5.46. The number of nitrogens with two attached hydrogens (primary N) is 1. The second-order valence-electron chi connectivity index (χ2n) is 3.11. The first-order valence-corrected chi connectivity index (χ1v) is 4.09. The van der Waals surface area contributed by atoms with Gasteiger partial charge in [-0.25, -0.2) is 0 Å². The van der Waals surface area contributed by atoms with Crippen LogP contribution in [0.5, 0.6) is 0 Å². The minimum atomic E-state index is 0.306. The lowest BCUT2D eigenvalue weighted by molar-refractivity contribution is 0.0989. The van der Waals surface area contributed by atoms with Gasteiger partial charge < -0.3 is 10.5 Å². The van der Waals surface area contributed by atoms with E-state index in [1.165, 1.54) is 19.3 Å². The third-order valence-corrected chi connectivity index (χ3v) is 2.19. The topological polar surface area (TPSA) is 35.2 Å². The molecule has 0 aromatic rings. The molecule has 10 heavy (non-hydrogen) atoms. The molecule has 1 rings (SSSR count). The maximum Gasteiger partial charge on any atom is 0.0693 e. The SMILES string of the molecule is COC(CN)CCC1CC1. The van der Waals surface area contributed by atoms with Gasteiger partial charge in [0.2, 0.25) is 0 Å². The highest BCUT2D eigenvalue weighted by Gasteiger charge is 2.21. The molecule has 0 radical (unpaired) electrons. The van der Waals surface area contributed by atoms with E-state index >= 15 is 0 Å². The van der Waals surface area contributed by atoms with Gasteiger partial charge in [-0.3, -0.25) is 0 Å². The van der Waals surface area contributed by atoms with Crippen molar-refractivity contribution in [2.75, 3.05) is 13.7 Å². The molecule has 1 unspecified atom stereocenters. The summed E-state index contributed by atoms with van der Waals surface area (Å²) in [5.74, 6) is 1.00. The molecule has 0 aliphatic heterocycles. The van der Waals surface area contributed by atoms with E-state index in [2.05, 4.69) is 0 Å². The second kappa shape index (κ2) is 3.94. The van der Waals surface area contributed by atoms with Gasteiger partial charge in [0.05, 0.1) is 6.10 Å². The second-order valence-corrected chi connectivity index (χ2v) is 3.11. The Morgan fingerprint density at radius 2 is 2.30 bits per heavy atom. The molecule has 2 N–H and O–H groups in total. The molecule has 2 heteroatoms. The Balaban J connectivity index is 1.97. The van der Waals surface area contributed by atoms with Crippen molar-refractivity contribution in [2.24, 2.45) is 11.7 Å². The van der Waals surface area contributed by atoms with E-state index in [9.17, 15) is 0 Å². The largest absolute Gasteiger partial charge is 0.380 e. The van der Waals surface area contributed by atoms with Gasteiger partial charge >= 0.3 is 0 Å². The van der Waals surface area contributed by atoms with E-state index in [-0.39, 0.29) is 0 Å². The van der Waals surface area contributed by atoms with Crippen LogP contribution in [-0.4, -0.2) is 19.8 Å². The van der Waals surface area contributed by atoms with E-state index < -0.39 is 0 Å². The quantitative estimate of drug-likeness (QED) is 0.626. The smallest absolute Gasteiger partial charge is 0.0693 e. The van der Waals surface area contributed by atoms with Crippen LogP contribution in [0.1, 0.15) is 25.7 Å². The van der Waals surface area contributed by atoms with E-state index in [1.807, 2.05) is 0 Å². The molecule has 0 aromatic carbocycles. The van der Waals surface area contributed by atoms with Crippen LogP contribution in [0.25, 0.3) is 0 Å². The Morgan fingerprint density at radius 3 is 2.70 bits per heavy atom. The van der Waals surface area contributed by atoms with Gasteiger partial charge in [-0.15, -0.1) is 0 Å². The molecule has 1 saturated carbocycles. The molecule has 1 atom stereocenters. The maximum atomic E-state index is 5.46. The molecular weight excluding hydrogens is 126 g/mol. The first kappa shape index (κ1) is 8.02. The van der Waals surface area contributed by atoms with Crippen molar-refractivity contribution < 1.29 is 4.74 Å². The molecule has 0 amide bonds. The van der Waals surface area contributed by atoms with Crippen molar-refractivity contribution in [3.8, 4) is 0 Å². The predicted molar refractivity (Wildman–Crippen MR) is 41.8 cm³/mol. The lowest BCUT2D eigenvalue weighted by Crippen LogP contribution is -2.22. The number of hydrogen-bond acceptors (Lipinski definition) is 2. The average molecular weight is 143 g/mol. The van der Waals surface area contributed by atoms with Gasteiger partial charge in [-0.2, -0.15) is 0 Å². The lowest BCUT2D eigenvalue weighted by Gasteiger charge is -2.11. The molecule has 1 aliphatic rings. The fourth-order valence-corrected chi connectivity index (χ4v) is 1.16. The first-order valence-electron chi connectivity index (χ1n) is 4.09. The van der Waals surface area contributed by atoms with E-state index in [0.717, 1.165) is 12.3 Å². The summed E-state index contributed by atoms with van der Waals surface area (Å²) >= 11 is 0. The normalized spacial score (nSPS) is 21.0. The summed E-state index contributed by atoms with van der Waals surface area (Å²) in [6, 6.07) is 0. The van der Waals surface area contributed by atoms with Crippen LogP contribution < -0.4 is 5.73 Å². The van der Waals surface area contributed by atoms with Crippen LogP contribution >= 0.6 is 0 Å². The van der Waals surface area contributed by atoms with Crippen LogP contribution in [0.2, 0.25) is 0 Å². The molecule has 0 aromatic heterocycles. The maximum absolute atomic E-state index is 5.46. The van der Waals surface area contributed by atoms with Crippen LogP contribution in [0.4, 0.5) is 0 Å². The Bertz CT molecular complexity index is 87.3. The van der Waals surface area contributed by atoms with Gasteiger partial charge in [0.25, 0.3) is 0 Å². The average Bonchev–Trinajstić information content (AvgIpc) is 2.74. The number of ether oxygens (including phenoxy) is 1. The van der Waals surface area contributed by atoms with Crippen LogP contribution in [-0.2, 0) is 4.74 Å². The molecule has 0 heterocycles. The van der Waals surface area contributed by atoms with Crippen molar-refractivity contribution in [1.29, 1.82) is 0 Å². The van der Waals surface area contributed by atoms with Crippen molar-refractivity contribution >= 4 is 0 Å². The Hall–Kier alpha value is -0.0800. The number of rotatable bonds is 5. The van der Waals surface area contributed by atoms with Gasteiger partial charge in [-0.05, 0) is 18.8 Å². The minimum absolute atomic E-state index is 0.306. The van der Waals surface area contributed by atoms with Crippen molar-refractivity contribution in [3.63, 3.8) is 0 Å². The number of hydrogen-bond donors (Lipinski definition) is 1. The zero-order valence-corrected chi connectivity index (χ0v) is 6.68. The Morgan fingerprint density at radius 1 is 1.60 bits per heavy atom. The van der Waals surface area contributed by atoms with Crippen molar-refractivity contribution in [1.82, 2.24) is 0 Å². The molecule has 0 saturated heterocycles. The van der Waals surface area contributed by atoms with E-state index in [0.29, 0.717) is 12.6 Å². The zero-order valence-electron chi connectivity index (χ0n) is 6.68.